The van der Waals surface area contributed by atoms with Crippen LogP contribution in [0.25, 0.3) is 21.9 Å². The molecule has 3 N–H and O–H groups in total. The highest BCUT2D eigenvalue weighted by Gasteiger charge is 2.30. The van der Waals surface area contributed by atoms with Crippen LogP contribution in [-0.2, 0) is 50.0 Å². The fourth-order valence-electron chi connectivity index (χ4n) is 5.27. The van der Waals surface area contributed by atoms with E-state index in [2.05, 4.69) is 9.88 Å². The van der Waals surface area contributed by atoms with Crippen molar-refractivity contribution in [3.63, 3.8) is 0 Å². The Balaban J connectivity index is 1.44. The van der Waals surface area contributed by atoms with Gasteiger partial charge in [0.25, 0.3) is 0 Å². The minimum atomic E-state index is -1.09. The number of para-hydroxylation sites is 1. The van der Waals surface area contributed by atoms with Gasteiger partial charge in [0.15, 0.2) is 11.6 Å². The van der Waals surface area contributed by atoms with Crippen molar-refractivity contribution < 1.29 is 28.6 Å². The number of rotatable bonds is 17. The van der Waals surface area contributed by atoms with Gasteiger partial charge < -0.3 is 29.8 Å². The first-order valence-corrected chi connectivity index (χ1v) is 16.1. The molecule has 0 saturated carbocycles. The summed E-state index contributed by atoms with van der Waals surface area (Å²) in [6.07, 6.45) is 0.124. The van der Waals surface area contributed by atoms with Crippen LogP contribution in [-0.4, -0.2) is 62.6 Å². The molecule has 0 aliphatic rings. The van der Waals surface area contributed by atoms with Crippen molar-refractivity contribution in [2.75, 3.05) is 13.2 Å². The van der Waals surface area contributed by atoms with E-state index in [9.17, 15) is 14.4 Å². The predicted molar refractivity (Wildman–Crippen MR) is 181 cm³/mol. The van der Waals surface area contributed by atoms with E-state index in [0.29, 0.717) is 43.2 Å². The van der Waals surface area contributed by atoms with Gasteiger partial charge >= 0.3 is 6.09 Å². The summed E-state index contributed by atoms with van der Waals surface area (Å²) < 4.78 is 19.5. The fourth-order valence-corrected chi connectivity index (χ4v) is 5.27. The van der Waals surface area contributed by atoms with Gasteiger partial charge in [0.1, 0.15) is 24.6 Å². The number of pyridine rings is 1. The van der Waals surface area contributed by atoms with Gasteiger partial charge in [0.05, 0.1) is 46.9 Å². The molecule has 2 aromatic carbocycles. The largest absolute Gasteiger partial charge is 0.445 e. The van der Waals surface area contributed by atoms with Crippen LogP contribution in [0.4, 0.5) is 4.79 Å². The van der Waals surface area contributed by atoms with E-state index in [1.54, 1.807) is 20.8 Å². The first-order valence-electron chi connectivity index (χ1n) is 16.1. The molecule has 4 rings (SSSR count). The number of carbonyl (C=O) groups is 3. The summed E-state index contributed by atoms with van der Waals surface area (Å²) in [5.74, 6) is 0.465. The monoisotopic (exact) mass is 645 g/mol. The first kappa shape index (κ1) is 35.7. The van der Waals surface area contributed by atoms with Crippen LogP contribution in [0.2, 0.25) is 0 Å². The van der Waals surface area contributed by atoms with Gasteiger partial charge in [-0.25, -0.2) is 14.8 Å². The molecular weight excluding hydrogens is 598 g/mol. The summed E-state index contributed by atoms with van der Waals surface area (Å²) in [6.45, 7) is 12.6. The molecule has 252 valence electrons. The number of nitrogens with zero attached hydrogens (tertiary/aromatic N) is 3. The number of imidazole rings is 1. The van der Waals surface area contributed by atoms with Crippen molar-refractivity contribution in [1.29, 1.82) is 0 Å². The van der Waals surface area contributed by atoms with Crippen molar-refractivity contribution in [2.45, 2.75) is 97.7 Å². The molecule has 4 aromatic rings. The molecular formula is C36H47N5O6. The molecule has 0 aliphatic carbocycles. The van der Waals surface area contributed by atoms with Crippen LogP contribution in [0.1, 0.15) is 71.5 Å². The fraction of sp³-hybridized carbons (Fsp3) is 0.472. The number of hydrogen-bond acceptors (Lipinski definition) is 9. The molecule has 11 nitrogen and oxygen atoms in total. The van der Waals surface area contributed by atoms with Gasteiger partial charge in [0.2, 0.25) is 0 Å². The first-order chi connectivity index (χ1) is 22.3. The molecule has 0 aliphatic heterocycles. The van der Waals surface area contributed by atoms with Gasteiger partial charge in [-0.3, -0.25) is 9.59 Å². The van der Waals surface area contributed by atoms with Gasteiger partial charge in [-0.2, -0.15) is 0 Å². The van der Waals surface area contributed by atoms with Crippen LogP contribution >= 0.6 is 0 Å². The minimum Gasteiger partial charge on any atom is -0.445 e. The van der Waals surface area contributed by atoms with Crippen molar-refractivity contribution in [3.8, 4) is 0 Å². The second-order valence-corrected chi connectivity index (χ2v) is 12.9. The number of Topliss-reactive ketones (excluding diaryl/α,β-unsaturated/α-hetero) is 2. The third-order valence-corrected chi connectivity index (χ3v) is 7.92. The number of hydrogen-bond donors (Lipinski definition) is 2. The van der Waals surface area contributed by atoms with Crippen LogP contribution < -0.4 is 11.1 Å². The maximum Gasteiger partial charge on any atom is 0.408 e. The lowest BCUT2D eigenvalue weighted by atomic mass is 9.96. The average molecular weight is 646 g/mol. The highest BCUT2D eigenvalue weighted by atomic mass is 16.5. The Morgan fingerprint density at radius 1 is 0.979 bits per heavy atom. The predicted octanol–water partition coefficient (Wildman–Crippen LogP) is 5.43. The Labute approximate surface area is 276 Å². The van der Waals surface area contributed by atoms with Crippen molar-refractivity contribution in [1.82, 2.24) is 19.9 Å². The summed E-state index contributed by atoms with van der Waals surface area (Å²) in [5.41, 5.74) is 7.85. The Hall–Kier alpha value is -4.19. The quantitative estimate of drug-likeness (QED) is 0.143. The number of nitrogens with one attached hydrogen (secondary N) is 1. The Morgan fingerprint density at radius 2 is 1.68 bits per heavy atom. The lowest BCUT2D eigenvalue weighted by Gasteiger charge is -2.28. The highest BCUT2D eigenvalue weighted by Crippen LogP contribution is 2.30. The van der Waals surface area contributed by atoms with E-state index < -0.39 is 23.3 Å². The molecule has 0 spiro atoms. The lowest BCUT2D eigenvalue weighted by Crippen LogP contribution is -2.49. The van der Waals surface area contributed by atoms with Crippen LogP contribution in [0.5, 0.6) is 0 Å². The number of ketones is 2. The number of alkyl carbamates (subject to hydrolysis) is 1. The zero-order valence-electron chi connectivity index (χ0n) is 28.3. The molecule has 1 atom stereocenters. The molecule has 0 fully saturated rings. The Bertz CT molecular complexity index is 1700. The summed E-state index contributed by atoms with van der Waals surface area (Å²) in [6, 6.07) is 16.5. The topological polar surface area (TPSA) is 148 Å². The van der Waals surface area contributed by atoms with E-state index in [0.717, 1.165) is 22.0 Å². The number of benzene rings is 2. The normalized spacial score (nSPS) is 12.7. The Morgan fingerprint density at radius 3 is 2.38 bits per heavy atom. The number of fused-ring (bicyclic) bond motifs is 3. The number of nitrogens with two attached hydrogens (primary N) is 1. The van der Waals surface area contributed by atoms with Crippen molar-refractivity contribution >= 4 is 39.6 Å². The molecule has 2 heterocycles. The Kier molecular flexibility index (Phi) is 11.8. The van der Waals surface area contributed by atoms with Crippen molar-refractivity contribution in [3.05, 3.63) is 71.7 Å². The standard InChI is InChI=1S/C36H47N5O6/c1-7-45-22-31-39-32-28(20-29(42)24(2)37)38-27-17-12-11-16-26(27)33(32)41(31)23-35(3,4)47-19-13-18-30(43)36(5,6)40-34(44)46-21-25-14-9-8-10-15-25/h8-12,14-17,24H,7,13,18-23,37H2,1-6H3,(H,40,44)/t24-/m0/s1. The SMILES string of the molecule is CCOCc1nc2c(CC(=O)[C@H](C)N)nc3ccccc3c2n1CC(C)(C)OCCCC(=O)C(C)(C)NC(=O)OCc1ccccc1. The zero-order chi connectivity index (χ0) is 34.2. The van der Waals surface area contributed by atoms with E-state index >= 15 is 0 Å². The lowest BCUT2D eigenvalue weighted by molar-refractivity contribution is -0.125. The van der Waals surface area contributed by atoms with Gasteiger partial charge in [-0.15, -0.1) is 0 Å². The van der Waals surface area contributed by atoms with Crippen LogP contribution in [0.3, 0.4) is 0 Å². The van der Waals surface area contributed by atoms with E-state index in [1.165, 1.54) is 0 Å². The van der Waals surface area contributed by atoms with E-state index in [-0.39, 0.29) is 37.6 Å². The maximum atomic E-state index is 13.0. The molecule has 0 saturated heterocycles. The van der Waals surface area contributed by atoms with E-state index in [1.807, 2.05) is 75.4 Å². The summed E-state index contributed by atoms with van der Waals surface area (Å²) >= 11 is 0. The molecule has 2 aromatic heterocycles. The third-order valence-electron chi connectivity index (χ3n) is 7.92. The zero-order valence-corrected chi connectivity index (χ0v) is 28.3. The summed E-state index contributed by atoms with van der Waals surface area (Å²) in [7, 11) is 0. The van der Waals surface area contributed by atoms with E-state index in [4.69, 9.17) is 29.9 Å². The second kappa shape index (κ2) is 15.6. The highest BCUT2D eigenvalue weighted by molar-refractivity contribution is 6.04. The second-order valence-electron chi connectivity index (χ2n) is 12.9. The molecule has 47 heavy (non-hydrogen) atoms. The summed E-state index contributed by atoms with van der Waals surface area (Å²) in [4.78, 5) is 47.8. The molecule has 0 unspecified atom stereocenters. The number of aromatic nitrogens is 3. The number of ether oxygens (including phenoxy) is 3. The van der Waals surface area contributed by atoms with Gasteiger partial charge in [0, 0.05) is 25.0 Å². The van der Waals surface area contributed by atoms with Gasteiger partial charge in [-0.05, 0) is 59.6 Å². The average Bonchev–Trinajstić information content (AvgIpc) is 3.38. The van der Waals surface area contributed by atoms with Crippen molar-refractivity contribution in [2.24, 2.45) is 5.73 Å². The molecule has 11 heteroatoms. The van der Waals surface area contributed by atoms with Crippen LogP contribution in [0.15, 0.2) is 54.6 Å². The molecule has 1 amide bonds. The van der Waals surface area contributed by atoms with Gasteiger partial charge in [-0.1, -0.05) is 48.5 Å². The maximum absolute atomic E-state index is 13.0. The minimum absolute atomic E-state index is 0.0773. The number of carbonyl (C=O) groups excluding carboxylic acids is 3. The number of amides is 1. The smallest absolute Gasteiger partial charge is 0.408 e. The third kappa shape index (κ3) is 9.43. The summed E-state index contributed by atoms with van der Waals surface area (Å²) in [5, 5.41) is 3.59. The molecule has 0 radical (unpaired) electrons. The van der Waals surface area contributed by atoms with Crippen LogP contribution in [0, 0.1) is 0 Å². The molecule has 0 bridgehead atoms.